The Balaban J connectivity index is 1.87. The van der Waals surface area contributed by atoms with Crippen LogP contribution >= 0.6 is 0 Å². The fraction of sp³-hybridized carbons (Fsp3) is 0.333. The molecule has 1 fully saturated rings. The first-order valence-electron chi connectivity index (χ1n) is 9.35. The molecule has 28 heavy (non-hydrogen) atoms. The molecular weight excluding hydrogens is 376 g/mol. The number of rotatable bonds is 5. The van der Waals surface area contributed by atoms with Crippen molar-refractivity contribution in [3.8, 4) is 0 Å². The number of carbonyl (C=O) groups is 2. The molecule has 1 saturated heterocycles. The van der Waals surface area contributed by atoms with Gasteiger partial charge in [-0.15, -0.1) is 0 Å². The molecule has 1 aliphatic heterocycles. The monoisotopic (exact) mass is 400 g/mol. The van der Waals surface area contributed by atoms with Crippen LogP contribution in [0.1, 0.15) is 43.5 Å². The first kappa shape index (κ1) is 20.1. The molecule has 0 atom stereocenters. The van der Waals surface area contributed by atoms with Gasteiger partial charge in [0.25, 0.3) is 5.91 Å². The highest BCUT2D eigenvalue weighted by atomic mass is 32.2. The van der Waals surface area contributed by atoms with Crippen LogP contribution in [0.25, 0.3) is 0 Å². The smallest absolute Gasteiger partial charge is 0.256 e. The van der Waals surface area contributed by atoms with Crippen molar-refractivity contribution < 1.29 is 18.0 Å². The Morgan fingerprint density at radius 2 is 1.82 bits per heavy atom. The fourth-order valence-electron chi connectivity index (χ4n) is 3.19. The summed E-state index contributed by atoms with van der Waals surface area (Å²) in [5.41, 5.74) is 1.35. The average Bonchev–Trinajstić information content (AvgIpc) is 2.68. The van der Waals surface area contributed by atoms with Crippen LogP contribution in [0.2, 0.25) is 0 Å². The van der Waals surface area contributed by atoms with Crippen LogP contribution in [-0.2, 0) is 14.6 Å². The van der Waals surface area contributed by atoms with Crippen molar-refractivity contribution in [2.24, 2.45) is 0 Å². The van der Waals surface area contributed by atoms with Crippen LogP contribution in [0.5, 0.6) is 0 Å². The van der Waals surface area contributed by atoms with Crippen LogP contribution in [-0.4, -0.2) is 32.0 Å². The summed E-state index contributed by atoms with van der Waals surface area (Å²) in [6, 6.07) is 13.2. The Kier molecular flexibility index (Phi) is 5.84. The van der Waals surface area contributed by atoms with E-state index in [1.54, 1.807) is 49.1 Å². The Bertz CT molecular complexity index is 999. The maximum atomic E-state index is 12.8. The van der Waals surface area contributed by atoms with Crippen LogP contribution in [0, 0.1) is 0 Å². The van der Waals surface area contributed by atoms with E-state index in [0.717, 1.165) is 18.5 Å². The molecule has 6 nitrogen and oxygen atoms in total. The van der Waals surface area contributed by atoms with Gasteiger partial charge in [0, 0.05) is 24.3 Å². The third-order valence-electron chi connectivity index (χ3n) is 4.80. The molecule has 148 valence electrons. The molecule has 0 aliphatic carbocycles. The van der Waals surface area contributed by atoms with E-state index in [0.29, 0.717) is 18.7 Å². The van der Waals surface area contributed by atoms with Gasteiger partial charge in [0.15, 0.2) is 9.84 Å². The SMILES string of the molecule is CC(C)S(=O)(=O)c1ccccc1C(=O)Nc1cccc(N2CCCCC2=O)c1. The topological polar surface area (TPSA) is 83.6 Å². The first-order valence-corrected chi connectivity index (χ1v) is 10.9. The number of piperidine rings is 1. The zero-order valence-corrected chi connectivity index (χ0v) is 16.8. The summed E-state index contributed by atoms with van der Waals surface area (Å²) in [6.45, 7) is 3.83. The molecule has 0 radical (unpaired) electrons. The van der Waals surface area contributed by atoms with E-state index in [-0.39, 0.29) is 16.4 Å². The second-order valence-electron chi connectivity index (χ2n) is 7.10. The maximum absolute atomic E-state index is 12.8. The first-order chi connectivity index (χ1) is 13.3. The normalized spacial score (nSPS) is 15.0. The highest BCUT2D eigenvalue weighted by molar-refractivity contribution is 7.92. The lowest BCUT2D eigenvalue weighted by atomic mass is 10.1. The lowest BCUT2D eigenvalue weighted by molar-refractivity contribution is -0.119. The van der Waals surface area contributed by atoms with Gasteiger partial charge in [-0.3, -0.25) is 9.59 Å². The summed E-state index contributed by atoms with van der Waals surface area (Å²) in [7, 11) is -3.59. The number of amides is 2. The second-order valence-corrected chi connectivity index (χ2v) is 9.57. The molecule has 0 unspecified atom stereocenters. The zero-order valence-electron chi connectivity index (χ0n) is 16.0. The van der Waals surface area contributed by atoms with Crippen LogP contribution in [0.4, 0.5) is 11.4 Å². The molecular formula is C21H24N2O4S. The number of sulfone groups is 1. The molecule has 0 spiro atoms. The number of hydrogen-bond donors (Lipinski definition) is 1. The number of carbonyl (C=O) groups excluding carboxylic acids is 2. The number of nitrogens with one attached hydrogen (secondary N) is 1. The van der Waals surface area contributed by atoms with E-state index in [1.165, 1.54) is 12.1 Å². The van der Waals surface area contributed by atoms with Crippen LogP contribution in [0.15, 0.2) is 53.4 Å². The second kappa shape index (κ2) is 8.14. The van der Waals surface area contributed by atoms with Crippen molar-refractivity contribution in [3.63, 3.8) is 0 Å². The van der Waals surface area contributed by atoms with Gasteiger partial charge in [0.1, 0.15) is 0 Å². The minimum Gasteiger partial charge on any atom is -0.322 e. The number of benzene rings is 2. The van der Waals surface area contributed by atoms with E-state index in [2.05, 4.69) is 5.32 Å². The maximum Gasteiger partial charge on any atom is 0.256 e. The van der Waals surface area contributed by atoms with Gasteiger partial charge in [0.2, 0.25) is 5.91 Å². The van der Waals surface area contributed by atoms with Crippen molar-refractivity contribution in [1.29, 1.82) is 0 Å². The van der Waals surface area contributed by atoms with Gasteiger partial charge in [-0.05, 0) is 57.0 Å². The molecule has 1 aliphatic rings. The largest absolute Gasteiger partial charge is 0.322 e. The third kappa shape index (κ3) is 4.09. The quantitative estimate of drug-likeness (QED) is 0.831. The average molecular weight is 401 g/mol. The minimum absolute atomic E-state index is 0.0184. The van der Waals surface area contributed by atoms with Gasteiger partial charge in [0.05, 0.1) is 15.7 Å². The molecule has 7 heteroatoms. The predicted octanol–water partition coefficient (Wildman–Crippen LogP) is 3.64. The van der Waals surface area contributed by atoms with Crippen molar-refractivity contribution in [1.82, 2.24) is 0 Å². The highest BCUT2D eigenvalue weighted by Crippen LogP contribution is 2.25. The summed E-state index contributed by atoms with van der Waals surface area (Å²) in [6.07, 6.45) is 2.37. The van der Waals surface area contributed by atoms with Gasteiger partial charge in [-0.2, -0.15) is 0 Å². The number of nitrogens with zero attached hydrogens (tertiary/aromatic N) is 1. The summed E-state index contributed by atoms with van der Waals surface area (Å²) in [4.78, 5) is 26.7. The Morgan fingerprint density at radius 1 is 1.07 bits per heavy atom. The highest BCUT2D eigenvalue weighted by Gasteiger charge is 2.25. The van der Waals surface area contributed by atoms with Gasteiger partial charge < -0.3 is 10.2 Å². The molecule has 2 amide bonds. The van der Waals surface area contributed by atoms with Crippen molar-refractivity contribution >= 4 is 33.0 Å². The van der Waals surface area contributed by atoms with Gasteiger partial charge in [-0.1, -0.05) is 18.2 Å². The summed E-state index contributed by atoms with van der Waals surface area (Å²) < 4.78 is 25.2. The Hall–Kier alpha value is -2.67. The van der Waals surface area contributed by atoms with Gasteiger partial charge >= 0.3 is 0 Å². The minimum atomic E-state index is -3.59. The number of anilines is 2. The van der Waals surface area contributed by atoms with Crippen LogP contribution < -0.4 is 10.2 Å². The molecule has 0 bridgehead atoms. The zero-order chi connectivity index (χ0) is 20.3. The Morgan fingerprint density at radius 3 is 2.54 bits per heavy atom. The van der Waals surface area contributed by atoms with E-state index < -0.39 is 21.0 Å². The Labute approximate surface area is 165 Å². The molecule has 1 heterocycles. The van der Waals surface area contributed by atoms with Crippen LogP contribution in [0.3, 0.4) is 0 Å². The van der Waals surface area contributed by atoms with Gasteiger partial charge in [-0.25, -0.2) is 8.42 Å². The molecule has 3 rings (SSSR count). The van der Waals surface area contributed by atoms with Crippen molar-refractivity contribution in [2.75, 3.05) is 16.8 Å². The molecule has 1 N–H and O–H groups in total. The molecule has 0 saturated carbocycles. The van der Waals surface area contributed by atoms with Crippen molar-refractivity contribution in [2.45, 2.75) is 43.3 Å². The lowest BCUT2D eigenvalue weighted by Crippen LogP contribution is -2.35. The molecule has 2 aromatic carbocycles. The fourth-order valence-corrected chi connectivity index (χ4v) is 4.43. The lowest BCUT2D eigenvalue weighted by Gasteiger charge is -2.27. The van der Waals surface area contributed by atoms with E-state index in [4.69, 9.17) is 0 Å². The summed E-state index contributed by atoms with van der Waals surface area (Å²) >= 11 is 0. The van der Waals surface area contributed by atoms with E-state index in [1.807, 2.05) is 6.07 Å². The molecule has 2 aromatic rings. The third-order valence-corrected chi connectivity index (χ3v) is 7.01. The number of hydrogen-bond acceptors (Lipinski definition) is 4. The summed E-state index contributed by atoms with van der Waals surface area (Å²) in [5.74, 6) is -0.426. The molecule has 0 aromatic heterocycles. The van der Waals surface area contributed by atoms with E-state index >= 15 is 0 Å². The van der Waals surface area contributed by atoms with Crippen molar-refractivity contribution in [3.05, 3.63) is 54.1 Å². The summed E-state index contributed by atoms with van der Waals surface area (Å²) in [5, 5.41) is 2.13. The predicted molar refractivity (Wildman–Crippen MR) is 109 cm³/mol. The van der Waals surface area contributed by atoms with E-state index in [9.17, 15) is 18.0 Å². The standard InChI is InChI=1S/C21H24N2O4S/c1-15(2)28(26,27)19-11-4-3-10-18(19)21(25)22-16-8-7-9-17(14-16)23-13-6-5-12-20(23)24/h3-4,7-11,14-15H,5-6,12-13H2,1-2H3,(H,22,25).